The van der Waals surface area contributed by atoms with Crippen LogP contribution in [0.2, 0.25) is 4.34 Å². The zero-order valence-corrected chi connectivity index (χ0v) is 10.8. The van der Waals surface area contributed by atoms with Crippen molar-refractivity contribution in [2.45, 2.75) is 12.5 Å². The normalized spacial score (nSPS) is 22.2. The molecular weight excluding hydrogens is 244 g/mol. The number of hydrogen-bond donors (Lipinski definition) is 1. The maximum Gasteiger partial charge on any atom is 0.174 e. The van der Waals surface area contributed by atoms with Crippen LogP contribution in [0.4, 0.5) is 0 Å². The molecule has 1 unspecified atom stereocenters. The van der Waals surface area contributed by atoms with E-state index in [9.17, 15) is 4.79 Å². The van der Waals surface area contributed by atoms with Gasteiger partial charge in [-0.3, -0.25) is 4.79 Å². The molecule has 0 saturated carbocycles. The van der Waals surface area contributed by atoms with Crippen LogP contribution < -0.4 is 5.32 Å². The van der Waals surface area contributed by atoms with E-state index < -0.39 is 0 Å². The number of nitrogens with zero attached hydrogens (tertiary/aromatic N) is 1. The van der Waals surface area contributed by atoms with Gasteiger partial charge in [-0.2, -0.15) is 0 Å². The summed E-state index contributed by atoms with van der Waals surface area (Å²) in [5.74, 6) is 0.185. The van der Waals surface area contributed by atoms with E-state index in [1.807, 2.05) is 6.07 Å². The summed E-state index contributed by atoms with van der Waals surface area (Å²) in [6.07, 6.45) is 0.557. The van der Waals surface area contributed by atoms with Crippen molar-refractivity contribution in [3.63, 3.8) is 0 Å². The first-order valence-corrected chi connectivity index (χ1v) is 6.55. The Balaban J connectivity index is 1.92. The lowest BCUT2D eigenvalue weighted by Gasteiger charge is -2.30. The lowest BCUT2D eigenvalue weighted by molar-refractivity contribution is 0.0956. The summed E-state index contributed by atoms with van der Waals surface area (Å²) in [4.78, 5) is 14.9. The van der Waals surface area contributed by atoms with Crippen molar-refractivity contribution in [1.82, 2.24) is 10.2 Å². The maximum atomic E-state index is 11.9. The molecule has 1 fully saturated rings. The van der Waals surface area contributed by atoms with Crippen LogP contribution in [0.1, 0.15) is 16.1 Å². The van der Waals surface area contributed by atoms with Gasteiger partial charge in [0.25, 0.3) is 0 Å². The molecule has 5 heteroatoms. The van der Waals surface area contributed by atoms with Gasteiger partial charge in [-0.1, -0.05) is 11.6 Å². The predicted octanol–water partition coefficient (Wildman–Crippen LogP) is 1.88. The molecular formula is C11H15ClN2OS. The Morgan fingerprint density at radius 3 is 3.12 bits per heavy atom. The van der Waals surface area contributed by atoms with Crippen LogP contribution in [-0.4, -0.2) is 43.4 Å². The van der Waals surface area contributed by atoms with Crippen LogP contribution in [0.25, 0.3) is 0 Å². The molecule has 3 nitrogen and oxygen atoms in total. The smallest absolute Gasteiger partial charge is 0.174 e. The molecule has 16 heavy (non-hydrogen) atoms. The van der Waals surface area contributed by atoms with Crippen LogP contribution in [0.3, 0.4) is 0 Å². The fourth-order valence-corrected chi connectivity index (χ4v) is 2.91. The minimum Gasteiger partial charge on any atom is -0.311 e. The fourth-order valence-electron chi connectivity index (χ4n) is 1.92. The number of hydrogen-bond acceptors (Lipinski definition) is 4. The van der Waals surface area contributed by atoms with Gasteiger partial charge in [0, 0.05) is 32.1 Å². The van der Waals surface area contributed by atoms with Crippen molar-refractivity contribution in [3.05, 3.63) is 21.3 Å². The summed E-state index contributed by atoms with van der Waals surface area (Å²) >= 11 is 7.17. The third-order valence-corrected chi connectivity index (χ3v) is 4.01. The van der Waals surface area contributed by atoms with Gasteiger partial charge in [0.05, 0.1) is 9.21 Å². The Kier molecular flexibility index (Phi) is 3.97. The van der Waals surface area contributed by atoms with Crippen LogP contribution in [0, 0.1) is 0 Å². The zero-order chi connectivity index (χ0) is 11.5. The highest BCUT2D eigenvalue weighted by atomic mass is 35.5. The van der Waals surface area contributed by atoms with E-state index in [4.69, 9.17) is 11.6 Å². The molecule has 2 rings (SSSR count). The first-order chi connectivity index (χ1) is 7.65. The molecule has 0 amide bonds. The molecule has 1 aliphatic rings. The number of halogens is 1. The maximum absolute atomic E-state index is 11.9. The topological polar surface area (TPSA) is 32.3 Å². The van der Waals surface area contributed by atoms with Crippen LogP contribution in [0.15, 0.2) is 12.1 Å². The number of carbonyl (C=O) groups is 1. The van der Waals surface area contributed by atoms with E-state index in [0.717, 1.165) is 24.5 Å². The van der Waals surface area contributed by atoms with Crippen molar-refractivity contribution in [1.29, 1.82) is 0 Å². The summed E-state index contributed by atoms with van der Waals surface area (Å²) in [6, 6.07) is 3.86. The van der Waals surface area contributed by atoms with E-state index in [0.29, 0.717) is 10.8 Å². The third kappa shape index (κ3) is 3.04. The van der Waals surface area contributed by atoms with Crippen molar-refractivity contribution in [3.8, 4) is 0 Å². The summed E-state index contributed by atoms with van der Waals surface area (Å²) in [7, 11) is 2.08. The highest BCUT2D eigenvalue weighted by Crippen LogP contribution is 2.23. The second-order valence-corrected chi connectivity index (χ2v) is 5.86. The summed E-state index contributed by atoms with van der Waals surface area (Å²) in [6.45, 7) is 2.94. The minimum absolute atomic E-state index is 0.185. The molecule has 88 valence electrons. The van der Waals surface area contributed by atoms with Crippen molar-refractivity contribution >= 4 is 28.7 Å². The number of ketones is 1. The molecule has 1 N–H and O–H groups in total. The summed E-state index contributed by atoms with van der Waals surface area (Å²) in [5.41, 5.74) is 0. The number of carbonyl (C=O) groups excluding carboxylic acids is 1. The summed E-state index contributed by atoms with van der Waals surface area (Å²) < 4.78 is 0.678. The number of rotatable bonds is 3. The Hall–Kier alpha value is -0.420. The van der Waals surface area contributed by atoms with Crippen molar-refractivity contribution in [2.75, 3.05) is 26.7 Å². The molecule has 1 aromatic heterocycles. The largest absolute Gasteiger partial charge is 0.311 e. The highest BCUT2D eigenvalue weighted by Gasteiger charge is 2.20. The number of Topliss-reactive ketones (excluding diaryl/α,β-unsaturated/α-hetero) is 1. The monoisotopic (exact) mass is 258 g/mol. The first kappa shape index (κ1) is 12.0. The van der Waals surface area contributed by atoms with Gasteiger partial charge in [-0.25, -0.2) is 0 Å². The molecule has 1 aromatic rings. The fraction of sp³-hybridized carbons (Fsp3) is 0.545. The van der Waals surface area contributed by atoms with Gasteiger partial charge in [-0.05, 0) is 19.2 Å². The standard InChI is InChI=1S/C11H15ClN2OS/c1-14-5-4-13-8(7-14)6-9(15)10-2-3-11(12)16-10/h2-3,8,13H,4-7H2,1H3. The van der Waals surface area contributed by atoms with Gasteiger partial charge in [0.1, 0.15) is 0 Å². The minimum atomic E-state index is 0.185. The average Bonchev–Trinajstić information content (AvgIpc) is 2.65. The Labute approximate surface area is 104 Å². The number of likely N-dealkylation sites (N-methyl/N-ethyl adjacent to an activating group) is 1. The zero-order valence-electron chi connectivity index (χ0n) is 9.20. The van der Waals surface area contributed by atoms with E-state index in [1.165, 1.54) is 11.3 Å². The molecule has 1 aliphatic heterocycles. The SMILES string of the molecule is CN1CCNC(CC(=O)c2ccc(Cl)s2)C1. The first-order valence-electron chi connectivity index (χ1n) is 5.35. The number of nitrogens with one attached hydrogen (secondary N) is 1. The molecule has 0 radical (unpaired) electrons. The van der Waals surface area contributed by atoms with E-state index in [-0.39, 0.29) is 11.8 Å². The third-order valence-electron chi connectivity index (χ3n) is 2.74. The molecule has 2 heterocycles. The number of thiophene rings is 1. The van der Waals surface area contributed by atoms with Crippen LogP contribution in [-0.2, 0) is 0 Å². The van der Waals surface area contributed by atoms with Crippen molar-refractivity contribution in [2.24, 2.45) is 0 Å². The Bertz CT molecular complexity index is 380. The number of piperazine rings is 1. The summed E-state index contributed by atoms with van der Waals surface area (Å²) in [5, 5.41) is 3.37. The molecule has 0 aromatic carbocycles. The average molecular weight is 259 g/mol. The van der Waals surface area contributed by atoms with Crippen LogP contribution >= 0.6 is 22.9 Å². The molecule has 0 aliphatic carbocycles. The second-order valence-electron chi connectivity index (χ2n) is 4.14. The lowest BCUT2D eigenvalue weighted by atomic mass is 10.1. The van der Waals surface area contributed by atoms with E-state index in [1.54, 1.807) is 6.07 Å². The van der Waals surface area contributed by atoms with E-state index in [2.05, 4.69) is 17.3 Å². The lowest BCUT2D eigenvalue weighted by Crippen LogP contribution is -2.49. The molecule has 0 bridgehead atoms. The van der Waals surface area contributed by atoms with E-state index >= 15 is 0 Å². The molecule has 1 saturated heterocycles. The van der Waals surface area contributed by atoms with Crippen molar-refractivity contribution < 1.29 is 4.79 Å². The van der Waals surface area contributed by atoms with Crippen LogP contribution in [0.5, 0.6) is 0 Å². The van der Waals surface area contributed by atoms with Gasteiger partial charge in [0.2, 0.25) is 0 Å². The Morgan fingerprint density at radius 2 is 2.50 bits per heavy atom. The second kappa shape index (κ2) is 5.27. The molecule has 0 spiro atoms. The van der Waals surface area contributed by atoms with Gasteiger partial charge >= 0.3 is 0 Å². The van der Waals surface area contributed by atoms with Gasteiger partial charge in [0.15, 0.2) is 5.78 Å². The quantitative estimate of drug-likeness (QED) is 0.841. The van der Waals surface area contributed by atoms with Gasteiger partial charge in [-0.15, -0.1) is 11.3 Å². The predicted molar refractivity (Wildman–Crippen MR) is 67.6 cm³/mol. The molecule has 1 atom stereocenters. The van der Waals surface area contributed by atoms with Gasteiger partial charge < -0.3 is 10.2 Å². The Morgan fingerprint density at radius 1 is 1.69 bits per heavy atom. The highest BCUT2D eigenvalue weighted by molar-refractivity contribution is 7.18.